The second kappa shape index (κ2) is 12.5. The van der Waals surface area contributed by atoms with Gasteiger partial charge in [-0.2, -0.15) is 0 Å². The molecular formula is C38H32N2O2. The number of hydrogen-bond donors (Lipinski definition) is 0. The Balaban J connectivity index is 0.946. The van der Waals surface area contributed by atoms with E-state index in [1.807, 2.05) is 36.4 Å². The van der Waals surface area contributed by atoms with Crippen LogP contribution in [-0.2, 0) is 9.59 Å². The Labute approximate surface area is 246 Å². The fourth-order valence-electron chi connectivity index (χ4n) is 5.12. The van der Waals surface area contributed by atoms with E-state index in [1.54, 1.807) is 24.3 Å². The molecule has 2 aliphatic heterocycles. The van der Waals surface area contributed by atoms with Gasteiger partial charge in [0.2, 0.25) is 0 Å². The van der Waals surface area contributed by atoms with E-state index < -0.39 is 0 Å². The van der Waals surface area contributed by atoms with Gasteiger partial charge in [0.1, 0.15) is 0 Å². The molecule has 2 aliphatic carbocycles. The maximum absolute atomic E-state index is 11.5. The summed E-state index contributed by atoms with van der Waals surface area (Å²) in [5.74, 6) is 0.0858. The summed E-state index contributed by atoms with van der Waals surface area (Å²) in [6.07, 6.45) is 38.1. The predicted octanol–water partition coefficient (Wildman–Crippen LogP) is 4.02. The van der Waals surface area contributed by atoms with Gasteiger partial charge in [0.25, 0.3) is 0 Å². The summed E-state index contributed by atoms with van der Waals surface area (Å²) in [7, 11) is 0. The van der Waals surface area contributed by atoms with Gasteiger partial charge in [-0.15, -0.1) is 0 Å². The Morgan fingerprint density at radius 1 is 0.500 bits per heavy atom. The van der Waals surface area contributed by atoms with Gasteiger partial charge in [-0.05, 0) is 117 Å². The summed E-state index contributed by atoms with van der Waals surface area (Å²) in [5, 5.41) is 4.18. The molecular weight excluding hydrogens is 516 g/mol. The topological polar surface area (TPSA) is 40.6 Å². The molecule has 4 aliphatic rings. The van der Waals surface area contributed by atoms with E-state index >= 15 is 0 Å². The number of carbonyl (C=O) groups excluding carboxylic acids is 2. The molecule has 0 amide bonds. The van der Waals surface area contributed by atoms with Crippen molar-refractivity contribution in [1.29, 1.82) is 0 Å². The summed E-state index contributed by atoms with van der Waals surface area (Å²) < 4.78 is 0. The Morgan fingerprint density at radius 2 is 0.929 bits per heavy atom. The number of allylic oxidation sites excluding steroid dienone is 10. The SMILES string of the molecule is O=C1C=Cc2cc(=CC=C3C=CN(CCCCN4C=CC(=CC=c5ccc6c(c5)C=CC(=O)C=6)C=C4)C=C3)ccc2=C1. The van der Waals surface area contributed by atoms with E-state index in [0.717, 1.165) is 69.1 Å². The van der Waals surface area contributed by atoms with Crippen molar-refractivity contribution in [2.24, 2.45) is 0 Å². The van der Waals surface area contributed by atoms with E-state index in [4.69, 9.17) is 0 Å². The maximum Gasteiger partial charge on any atom is 0.179 e. The molecule has 0 fully saturated rings. The highest BCUT2D eigenvalue weighted by Gasteiger charge is 2.05. The second-order valence-electron chi connectivity index (χ2n) is 10.6. The quantitative estimate of drug-likeness (QED) is 0.491. The smallest absolute Gasteiger partial charge is 0.179 e. The van der Waals surface area contributed by atoms with Gasteiger partial charge in [0.05, 0.1) is 0 Å². The molecule has 4 heteroatoms. The first-order chi connectivity index (χ1) is 20.6. The number of rotatable bonds is 7. The van der Waals surface area contributed by atoms with Crippen LogP contribution in [0.2, 0.25) is 0 Å². The maximum atomic E-state index is 11.5. The van der Waals surface area contributed by atoms with Crippen LogP contribution in [0, 0.1) is 0 Å². The van der Waals surface area contributed by atoms with Crippen molar-refractivity contribution in [3.8, 4) is 0 Å². The third-order valence-corrected chi connectivity index (χ3v) is 7.52. The molecule has 0 atom stereocenters. The zero-order valence-electron chi connectivity index (χ0n) is 23.4. The summed E-state index contributed by atoms with van der Waals surface area (Å²) >= 11 is 0. The van der Waals surface area contributed by atoms with Crippen LogP contribution in [-0.4, -0.2) is 34.5 Å². The van der Waals surface area contributed by atoms with Gasteiger partial charge in [0, 0.05) is 37.9 Å². The lowest BCUT2D eigenvalue weighted by Crippen LogP contribution is -2.17. The monoisotopic (exact) mass is 548 g/mol. The summed E-state index contributed by atoms with van der Waals surface area (Å²) in [4.78, 5) is 27.5. The molecule has 4 nitrogen and oxygen atoms in total. The lowest BCUT2D eigenvalue weighted by atomic mass is 10.0. The van der Waals surface area contributed by atoms with Crippen molar-refractivity contribution in [3.05, 3.63) is 153 Å². The molecule has 206 valence electrons. The van der Waals surface area contributed by atoms with E-state index in [-0.39, 0.29) is 11.6 Å². The number of benzene rings is 2. The molecule has 42 heavy (non-hydrogen) atoms. The lowest BCUT2D eigenvalue weighted by Gasteiger charge is -2.21. The van der Waals surface area contributed by atoms with Crippen LogP contribution < -0.4 is 20.9 Å². The van der Waals surface area contributed by atoms with Crippen LogP contribution in [0.3, 0.4) is 0 Å². The molecule has 0 radical (unpaired) electrons. The fraction of sp³-hybridized carbons (Fsp3) is 0.105. The van der Waals surface area contributed by atoms with Crippen LogP contribution in [0.25, 0.3) is 36.5 Å². The van der Waals surface area contributed by atoms with Gasteiger partial charge in [-0.25, -0.2) is 0 Å². The Kier molecular flexibility index (Phi) is 8.05. The van der Waals surface area contributed by atoms with Gasteiger partial charge in [0.15, 0.2) is 11.6 Å². The van der Waals surface area contributed by atoms with Gasteiger partial charge in [-0.1, -0.05) is 60.7 Å². The third-order valence-electron chi connectivity index (χ3n) is 7.52. The van der Waals surface area contributed by atoms with Crippen molar-refractivity contribution >= 4 is 48.0 Å². The third kappa shape index (κ3) is 6.91. The van der Waals surface area contributed by atoms with Crippen LogP contribution >= 0.6 is 0 Å². The Bertz CT molecular complexity index is 1750. The highest BCUT2D eigenvalue weighted by atomic mass is 16.1. The van der Waals surface area contributed by atoms with Gasteiger partial charge >= 0.3 is 0 Å². The van der Waals surface area contributed by atoms with E-state index in [9.17, 15) is 9.59 Å². The largest absolute Gasteiger partial charge is 0.354 e. The summed E-state index contributed by atoms with van der Waals surface area (Å²) in [6, 6.07) is 12.3. The zero-order valence-corrected chi connectivity index (χ0v) is 23.4. The first-order valence-electron chi connectivity index (χ1n) is 14.3. The molecule has 0 saturated heterocycles. The standard InChI is InChI=1S/C38H32N2O2/c41-37-13-11-33-25-31(7-9-35(33)27-37)5-3-29-15-21-39(22-16-29)19-1-2-20-40-23-17-30(18-24-40)4-6-32-8-10-36-28-38(42)14-12-34(36)26-32/h3-18,21-28H,1-2,19-20H2. The first kappa shape index (κ1) is 27.0. The molecule has 0 aromatic heterocycles. The van der Waals surface area contributed by atoms with Crippen LogP contribution in [0.1, 0.15) is 24.0 Å². The molecule has 0 saturated carbocycles. The van der Waals surface area contributed by atoms with E-state index in [2.05, 4.69) is 95.3 Å². The molecule has 0 N–H and O–H groups in total. The number of nitrogens with zero attached hydrogens (tertiary/aromatic N) is 2. The molecule has 0 unspecified atom stereocenters. The number of ketones is 2. The molecule has 6 rings (SSSR count). The van der Waals surface area contributed by atoms with Crippen molar-refractivity contribution in [2.75, 3.05) is 13.1 Å². The predicted molar refractivity (Wildman–Crippen MR) is 173 cm³/mol. The Hall–Kier alpha value is -5.22. The normalized spacial score (nSPS) is 17.4. The lowest BCUT2D eigenvalue weighted by molar-refractivity contribution is -0.110. The number of carbonyl (C=O) groups is 2. The van der Waals surface area contributed by atoms with E-state index in [0.29, 0.717) is 0 Å². The van der Waals surface area contributed by atoms with Crippen molar-refractivity contribution in [1.82, 2.24) is 9.80 Å². The fourth-order valence-corrected chi connectivity index (χ4v) is 5.12. The van der Waals surface area contributed by atoms with Crippen molar-refractivity contribution in [3.63, 3.8) is 0 Å². The summed E-state index contributed by atoms with van der Waals surface area (Å²) in [6.45, 7) is 1.97. The minimum atomic E-state index is 0.0429. The van der Waals surface area contributed by atoms with Gasteiger partial charge in [-0.3, -0.25) is 9.59 Å². The molecule has 0 spiro atoms. The highest BCUT2D eigenvalue weighted by molar-refractivity contribution is 6.17. The van der Waals surface area contributed by atoms with Crippen LogP contribution in [0.5, 0.6) is 0 Å². The minimum Gasteiger partial charge on any atom is -0.354 e. The molecule has 2 heterocycles. The molecule has 2 aromatic carbocycles. The van der Waals surface area contributed by atoms with Gasteiger partial charge < -0.3 is 9.80 Å². The molecule has 0 bridgehead atoms. The first-order valence-corrected chi connectivity index (χ1v) is 14.3. The Morgan fingerprint density at radius 3 is 1.36 bits per heavy atom. The number of unbranched alkanes of at least 4 members (excludes halogenated alkanes) is 1. The summed E-state index contributed by atoms with van der Waals surface area (Å²) in [5.41, 5.74) is 4.47. The zero-order chi connectivity index (χ0) is 28.7. The molecule has 2 aromatic rings. The van der Waals surface area contributed by atoms with Crippen LogP contribution in [0.4, 0.5) is 0 Å². The van der Waals surface area contributed by atoms with Crippen LogP contribution in [0.15, 0.2) is 121 Å². The number of fused-ring (bicyclic) bond motifs is 2. The average molecular weight is 549 g/mol. The van der Waals surface area contributed by atoms with Crippen molar-refractivity contribution in [2.45, 2.75) is 12.8 Å². The average Bonchev–Trinajstić information content (AvgIpc) is 3.02. The van der Waals surface area contributed by atoms with E-state index in [1.165, 1.54) is 0 Å². The van der Waals surface area contributed by atoms with Crippen molar-refractivity contribution < 1.29 is 9.59 Å². The highest BCUT2D eigenvalue weighted by Crippen LogP contribution is 2.13. The second-order valence-corrected chi connectivity index (χ2v) is 10.6. The number of hydrogen-bond acceptors (Lipinski definition) is 4. The minimum absolute atomic E-state index is 0.0429.